The minimum Gasteiger partial charge on any atom is -0.351 e. The maximum atomic E-state index is 12.2. The van der Waals surface area contributed by atoms with Crippen LogP contribution in [0.3, 0.4) is 0 Å². The molecular formula is C16H21BrN2O3S. The van der Waals surface area contributed by atoms with E-state index >= 15 is 0 Å². The molecule has 126 valence electrons. The highest BCUT2D eigenvalue weighted by Crippen LogP contribution is 2.27. The molecule has 0 bridgehead atoms. The summed E-state index contributed by atoms with van der Waals surface area (Å²) in [5.74, 6) is -0.308. The number of carbonyl (C=O) groups is 1. The smallest absolute Gasteiger partial charge is 0.241 e. The maximum absolute atomic E-state index is 12.2. The summed E-state index contributed by atoms with van der Waals surface area (Å²) >= 11 is 3.33. The number of amides is 1. The van der Waals surface area contributed by atoms with Crippen LogP contribution in [0.1, 0.15) is 25.7 Å². The van der Waals surface area contributed by atoms with Gasteiger partial charge in [-0.1, -0.05) is 23.8 Å². The summed E-state index contributed by atoms with van der Waals surface area (Å²) in [6.45, 7) is 0.265. The standard InChI is InChI=1S/C16H21BrN2O3S/c1-23(21,22)19(15-10-6-5-9-14(15)17)12-16(20)18-11-13-7-3-2-4-8-13/h5-7,9-10H,2-4,8,11-12H2,1H3,(H,18,20). The minimum atomic E-state index is -3.55. The van der Waals surface area contributed by atoms with Gasteiger partial charge in [-0.25, -0.2) is 8.42 Å². The fraction of sp³-hybridized carbons (Fsp3) is 0.438. The molecule has 0 spiro atoms. The van der Waals surface area contributed by atoms with Crippen molar-refractivity contribution in [3.8, 4) is 0 Å². The SMILES string of the molecule is CS(=O)(=O)N(CC(=O)NCC1=CCCCC1)c1ccccc1Br. The molecule has 5 nitrogen and oxygen atoms in total. The number of hydrogen-bond donors (Lipinski definition) is 1. The number of allylic oxidation sites excluding steroid dienone is 1. The zero-order valence-electron chi connectivity index (χ0n) is 13.1. The molecule has 2 rings (SSSR count). The van der Waals surface area contributed by atoms with Gasteiger partial charge in [0.05, 0.1) is 11.9 Å². The van der Waals surface area contributed by atoms with E-state index in [2.05, 4.69) is 27.3 Å². The van der Waals surface area contributed by atoms with Crippen LogP contribution in [0.2, 0.25) is 0 Å². The normalized spacial score (nSPS) is 15.0. The van der Waals surface area contributed by atoms with Crippen molar-refractivity contribution < 1.29 is 13.2 Å². The number of sulfonamides is 1. The van der Waals surface area contributed by atoms with Crippen LogP contribution in [0, 0.1) is 0 Å². The zero-order valence-corrected chi connectivity index (χ0v) is 15.5. The predicted octanol–water partition coefficient (Wildman–Crippen LogP) is 2.83. The number of halogens is 1. The van der Waals surface area contributed by atoms with Crippen molar-refractivity contribution in [1.29, 1.82) is 0 Å². The van der Waals surface area contributed by atoms with Gasteiger partial charge < -0.3 is 5.32 Å². The van der Waals surface area contributed by atoms with Gasteiger partial charge in [0.2, 0.25) is 15.9 Å². The number of nitrogens with one attached hydrogen (secondary N) is 1. The van der Waals surface area contributed by atoms with Crippen molar-refractivity contribution in [2.24, 2.45) is 0 Å². The van der Waals surface area contributed by atoms with Crippen LogP contribution in [-0.4, -0.2) is 33.7 Å². The molecule has 0 unspecified atom stereocenters. The number of benzene rings is 1. The number of anilines is 1. The lowest BCUT2D eigenvalue weighted by Crippen LogP contribution is -2.41. The Morgan fingerprint density at radius 2 is 2.04 bits per heavy atom. The number of para-hydroxylation sites is 1. The largest absolute Gasteiger partial charge is 0.351 e. The number of rotatable bonds is 6. The second-order valence-corrected chi connectivity index (χ2v) is 8.37. The average molecular weight is 401 g/mol. The Balaban J connectivity index is 2.05. The van der Waals surface area contributed by atoms with Crippen LogP contribution in [-0.2, 0) is 14.8 Å². The van der Waals surface area contributed by atoms with Crippen LogP contribution >= 0.6 is 15.9 Å². The van der Waals surface area contributed by atoms with Crippen LogP contribution < -0.4 is 9.62 Å². The van der Waals surface area contributed by atoms with E-state index < -0.39 is 10.0 Å². The van der Waals surface area contributed by atoms with E-state index in [9.17, 15) is 13.2 Å². The Kier molecular flexibility index (Phi) is 6.24. The Bertz CT molecular complexity index is 701. The third-order valence-corrected chi connectivity index (χ3v) is 5.50. The molecule has 0 saturated heterocycles. The van der Waals surface area contributed by atoms with Crippen molar-refractivity contribution in [3.63, 3.8) is 0 Å². The lowest BCUT2D eigenvalue weighted by Gasteiger charge is -2.23. The van der Waals surface area contributed by atoms with Crippen molar-refractivity contribution in [3.05, 3.63) is 40.4 Å². The number of nitrogens with zero attached hydrogens (tertiary/aromatic N) is 1. The van der Waals surface area contributed by atoms with Crippen LogP contribution in [0.5, 0.6) is 0 Å². The number of hydrogen-bond acceptors (Lipinski definition) is 3. The number of carbonyl (C=O) groups excluding carboxylic acids is 1. The second kappa shape index (κ2) is 7.97. The minimum absolute atomic E-state index is 0.227. The first-order valence-corrected chi connectivity index (χ1v) is 10.2. The molecule has 23 heavy (non-hydrogen) atoms. The van der Waals surface area contributed by atoms with Gasteiger partial charge in [0, 0.05) is 11.0 Å². The Morgan fingerprint density at radius 3 is 2.65 bits per heavy atom. The molecule has 1 N–H and O–H groups in total. The molecule has 0 fully saturated rings. The Labute approximate surface area is 145 Å². The molecule has 1 amide bonds. The molecule has 0 aliphatic heterocycles. The summed E-state index contributed by atoms with van der Waals surface area (Å²) in [5, 5.41) is 2.82. The van der Waals surface area contributed by atoms with Gasteiger partial charge in [0.25, 0.3) is 0 Å². The summed E-state index contributed by atoms with van der Waals surface area (Å²) < 4.78 is 25.8. The van der Waals surface area contributed by atoms with E-state index in [1.54, 1.807) is 24.3 Å². The van der Waals surface area contributed by atoms with Gasteiger partial charge in [-0.15, -0.1) is 0 Å². The lowest BCUT2D eigenvalue weighted by atomic mass is 10.00. The lowest BCUT2D eigenvalue weighted by molar-refractivity contribution is -0.119. The van der Waals surface area contributed by atoms with Gasteiger partial charge in [-0.2, -0.15) is 0 Å². The van der Waals surface area contributed by atoms with Gasteiger partial charge in [-0.05, 0) is 53.7 Å². The van der Waals surface area contributed by atoms with Gasteiger partial charge in [-0.3, -0.25) is 9.10 Å². The van der Waals surface area contributed by atoms with Crippen LogP contribution in [0.15, 0.2) is 40.4 Å². The molecule has 7 heteroatoms. The van der Waals surface area contributed by atoms with Gasteiger partial charge >= 0.3 is 0 Å². The van der Waals surface area contributed by atoms with Crippen LogP contribution in [0.25, 0.3) is 0 Å². The fourth-order valence-corrected chi connectivity index (χ4v) is 3.98. The average Bonchev–Trinajstić information content (AvgIpc) is 2.51. The first kappa shape index (κ1) is 18.0. The first-order valence-electron chi connectivity index (χ1n) is 7.55. The maximum Gasteiger partial charge on any atom is 0.241 e. The first-order chi connectivity index (χ1) is 10.9. The van der Waals surface area contributed by atoms with Crippen molar-refractivity contribution in [2.75, 3.05) is 23.7 Å². The van der Waals surface area contributed by atoms with E-state index in [1.807, 2.05) is 0 Å². The quantitative estimate of drug-likeness (QED) is 0.746. The second-order valence-electron chi connectivity index (χ2n) is 5.61. The summed E-state index contributed by atoms with van der Waals surface area (Å²) in [6.07, 6.45) is 7.66. The monoisotopic (exact) mass is 400 g/mol. The molecule has 0 aromatic heterocycles. The highest BCUT2D eigenvalue weighted by Gasteiger charge is 2.22. The van der Waals surface area contributed by atoms with E-state index in [0.29, 0.717) is 16.7 Å². The molecular weight excluding hydrogens is 380 g/mol. The molecule has 0 atom stereocenters. The third-order valence-electron chi connectivity index (χ3n) is 3.71. The van der Waals surface area contributed by atoms with E-state index in [1.165, 1.54) is 12.0 Å². The molecule has 1 aliphatic carbocycles. The summed E-state index contributed by atoms with van der Waals surface area (Å²) in [7, 11) is -3.55. The summed E-state index contributed by atoms with van der Waals surface area (Å²) in [6, 6.07) is 6.95. The molecule has 0 radical (unpaired) electrons. The third kappa shape index (κ3) is 5.35. The molecule has 1 aromatic carbocycles. The van der Waals surface area contributed by atoms with Gasteiger partial charge in [0.1, 0.15) is 6.54 Å². The van der Waals surface area contributed by atoms with Crippen molar-refractivity contribution in [1.82, 2.24) is 5.32 Å². The van der Waals surface area contributed by atoms with Crippen LogP contribution in [0.4, 0.5) is 5.69 Å². The molecule has 1 aliphatic rings. The fourth-order valence-electron chi connectivity index (χ4n) is 2.50. The molecule has 1 aromatic rings. The van der Waals surface area contributed by atoms with E-state index in [4.69, 9.17) is 0 Å². The highest BCUT2D eigenvalue weighted by atomic mass is 79.9. The highest BCUT2D eigenvalue weighted by molar-refractivity contribution is 9.10. The molecule has 0 saturated carbocycles. The topological polar surface area (TPSA) is 66.5 Å². The van der Waals surface area contributed by atoms with Crippen molar-refractivity contribution >= 4 is 37.5 Å². The predicted molar refractivity (Wildman–Crippen MR) is 95.9 cm³/mol. The zero-order chi connectivity index (χ0) is 16.9. The summed E-state index contributed by atoms with van der Waals surface area (Å²) in [4.78, 5) is 12.2. The van der Waals surface area contributed by atoms with Gasteiger partial charge in [0.15, 0.2) is 0 Å². The molecule has 0 heterocycles. The van der Waals surface area contributed by atoms with E-state index in [0.717, 1.165) is 29.8 Å². The summed E-state index contributed by atoms with van der Waals surface area (Å²) in [5.41, 5.74) is 1.68. The van der Waals surface area contributed by atoms with E-state index in [-0.39, 0.29) is 12.5 Å². The van der Waals surface area contributed by atoms with Crippen molar-refractivity contribution in [2.45, 2.75) is 25.7 Å². The Hall–Kier alpha value is -1.34. The Morgan fingerprint density at radius 1 is 1.30 bits per heavy atom.